The Kier molecular flexibility index (Phi) is 2.86. The fourth-order valence-electron chi connectivity index (χ4n) is 1.62. The predicted molar refractivity (Wildman–Crippen MR) is 57.1 cm³/mol. The third-order valence-electron chi connectivity index (χ3n) is 2.66. The summed E-state index contributed by atoms with van der Waals surface area (Å²) in [7, 11) is 0. The van der Waals surface area contributed by atoms with Gasteiger partial charge in [0.25, 0.3) is 0 Å². The molecular weight excluding hydrogens is 192 g/mol. The molecule has 78 valence electrons. The van der Waals surface area contributed by atoms with E-state index in [2.05, 4.69) is 0 Å². The van der Waals surface area contributed by atoms with Crippen molar-refractivity contribution in [1.29, 1.82) is 0 Å². The molecule has 0 atom stereocenters. The fraction of sp³-hybridized carbons (Fsp3) is 0.167. The highest BCUT2D eigenvalue weighted by molar-refractivity contribution is 6.26. The van der Waals surface area contributed by atoms with E-state index < -0.39 is 0 Å². The van der Waals surface area contributed by atoms with Crippen molar-refractivity contribution in [3.05, 3.63) is 46.5 Å². The van der Waals surface area contributed by atoms with Gasteiger partial charge in [-0.2, -0.15) is 0 Å². The zero-order valence-electron chi connectivity index (χ0n) is 8.63. The smallest absolute Gasteiger partial charge is 0.189 e. The molecule has 0 unspecified atom stereocenters. The van der Waals surface area contributed by atoms with Crippen LogP contribution >= 0.6 is 0 Å². The Morgan fingerprint density at radius 1 is 0.800 bits per heavy atom. The van der Waals surface area contributed by atoms with E-state index in [0.29, 0.717) is 22.3 Å². The molecule has 3 heteroatoms. The lowest BCUT2D eigenvalue weighted by Crippen LogP contribution is -2.19. The average molecular weight is 204 g/mol. The van der Waals surface area contributed by atoms with E-state index in [-0.39, 0.29) is 17.0 Å². The van der Waals surface area contributed by atoms with Crippen molar-refractivity contribution >= 4 is 11.6 Å². The number of hydrogen-bond donors (Lipinski definition) is 0. The van der Waals surface area contributed by atoms with Crippen LogP contribution in [0.4, 0.5) is 0 Å². The van der Waals surface area contributed by atoms with E-state index >= 15 is 0 Å². The number of ketones is 2. The van der Waals surface area contributed by atoms with Gasteiger partial charge in [-0.25, -0.2) is 0 Å². The number of Topliss-reactive ketones (excluding diaryl/α,β-unsaturated/α-hetero) is 2. The van der Waals surface area contributed by atoms with Crippen molar-refractivity contribution in [3.63, 3.8) is 0 Å². The molecule has 0 aromatic heterocycles. The van der Waals surface area contributed by atoms with Gasteiger partial charge < -0.3 is 5.48 Å². The van der Waals surface area contributed by atoms with Gasteiger partial charge in [0.1, 0.15) is 0 Å². The molecular formula is C12H12O3. The van der Waals surface area contributed by atoms with Gasteiger partial charge in [-0.3, -0.25) is 9.59 Å². The highest BCUT2D eigenvalue weighted by atomic mass is 16.1. The standard InChI is InChI=1S/C12H10O2.H2O/c1-7-8(2)12(14)10-6-4-3-5-9(10)11(7)13;/h3-6H,1-2H3;1H2. The predicted octanol–water partition coefficient (Wildman–Crippen LogP) is 1.58. The number of carbonyl (C=O) groups is 2. The molecule has 0 amide bonds. The molecule has 0 heterocycles. The van der Waals surface area contributed by atoms with Crippen LogP contribution in [0.15, 0.2) is 35.4 Å². The summed E-state index contributed by atoms with van der Waals surface area (Å²) in [5, 5.41) is 0. The van der Waals surface area contributed by atoms with Crippen LogP contribution in [0.25, 0.3) is 0 Å². The third-order valence-corrected chi connectivity index (χ3v) is 2.66. The molecule has 0 bridgehead atoms. The van der Waals surface area contributed by atoms with Crippen molar-refractivity contribution in [3.8, 4) is 0 Å². The first kappa shape index (κ1) is 11.3. The lowest BCUT2D eigenvalue weighted by atomic mass is 9.85. The SMILES string of the molecule is CC1=C(C)C(=O)c2ccccc2C1=O.O. The first-order valence-corrected chi connectivity index (χ1v) is 4.49. The first-order valence-electron chi connectivity index (χ1n) is 4.49. The molecule has 1 aromatic carbocycles. The molecule has 2 rings (SSSR count). The summed E-state index contributed by atoms with van der Waals surface area (Å²) < 4.78 is 0. The van der Waals surface area contributed by atoms with Crippen LogP contribution in [0, 0.1) is 0 Å². The normalized spacial score (nSPS) is 14.8. The van der Waals surface area contributed by atoms with Crippen molar-refractivity contribution in [2.45, 2.75) is 13.8 Å². The highest BCUT2D eigenvalue weighted by Crippen LogP contribution is 2.25. The van der Waals surface area contributed by atoms with Gasteiger partial charge in [0, 0.05) is 22.3 Å². The van der Waals surface area contributed by atoms with Gasteiger partial charge in [0.05, 0.1) is 0 Å². The van der Waals surface area contributed by atoms with Gasteiger partial charge in [-0.05, 0) is 13.8 Å². The molecule has 0 spiro atoms. The number of benzene rings is 1. The number of carbonyl (C=O) groups excluding carboxylic acids is 2. The quantitative estimate of drug-likeness (QED) is 0.643. The minimum Gasteiger partial charge on any atom is -0.412 e. The molecule has 0 saturated heterocycles. The van der Waals surface area contributed by atoms with E-state index in [1.54, 1.807) is 38.1 Å². The Labute approximate surface area is 87.7 Å². The van der Waals surface area contributed by atoms with Gasteiger partial charge in [0.2, 0.25) is 0 Å². The summed E-state index contributed by atoms with van der Waals surface area (Å²) in [5.41, 5.74) is 2.18. The summed E-state index contributed by atoms with van der Waals surface area (Å²) in [5.74, 6) is -0.0598. The van der Waals surface area contributed by atoms with Crippen molar-refractivity contribution in [2.75, 3.05) is 0 Å². The first-order chi connectivity index (χ1) is 6.63. The summed E-state index contributed by atoms with van der Waals surface area (Å²) >= 11 is 0. The largest absolute Gasteiger partial charge is 0.412 e. The average Bonchev–Trinajstić information content (AvgIpc) is 2.23. The zero-order chi connectivity index (χ0) is 10.3. The second kappa shape index (κ2) is 3.79. The minimum atomic E-state index is -0.0299. The topological polar surface area (TPSA) is 65.6 Å². The molecule has 0 fully saturated rings. The molecule has 1 aliphatic rings. The van der Waals surface area contributed by atoms with E-state index in [9.17, 15) is 9.59 Å². The minimum absolute atomic E-state index is 0. The Bertz CT molecular complexity index is 427. The lowest BCUT2D eigenvalue weighted by molar-refractivity contribution is 0.0975. The molecule has 1 aromatic rings. The maximum absolute atomic E-state index is 11.8. The highest BCUT2D eigenvalue weighted by Gasteiger charge is 2.26. The zero-order valence-corrected chi connectivity index (χ0v) is 8.63. The van der Waals surface area contributed by atoms with Crippen LogP contribution in [0.1, 0.15) is 34.6 Å². The number of fused-ring (bicyclic) bond motifs is 1. The number of rotatable bonds is 0. The van der Waals surface area contributed by atoms with E-state index in [1.165, 1.54) is 0 Å². The van der Waals surface area contributed by atoms with E-state index in [1.807, 2.05) is 0 Å². The molecule has 2 N–H and O–H groups in total. The Morgan fingerprint density at radius 2 is 1.13 bits per heavy atom. The molecule has 0 saturated carbocycles. The monoisotopic (exact) mass is 204 g/mol. The van der Waals surface area contributed by atoms with Gasteiger partial charge in [0.15, 0.2) is 11.6 Å². The number of allylic oxidation sites excluding steroid dienone is 2. The summed E-state index contributed by atoms with van der Waals surface area (Å²) in [4.78, 5) is 23.5. The Morgan fingerprint density at radius 3 is 1.47 bits per heavy atom. The van der Waals surface area contributed by atoms with Crippen LogP contribution in [0.2, 0.25) is 0 Å². The van der Waals surface area contributed by atoms with Crippen LogP contribution in [0.5, 0.6) is 0 Å². The van der Waals surface area contributed by atoms with Gasteiger partial charge >= 0.3 is 0 Å². The second-order valence-electron chi connectivity index (χ2n) is 3.45. The van der Waals surface area contributed by atoms with Crippen LogP contribution in [-0.4, -0.2) is 17.0 Å². The maximum Gasteiger partial charge on any atom is 0.189 e. The lowest BCUT2D eigenvalue weighted by Gasteiger charge is -2.15. The van der Waals surface area contributed by atoms with Crippen LogP contribution < -0.4 is 0 Å². The van der Waals surface area contributed by atoms with Crippen LogP contribution in [-0.2, 0) is 0 Å². The third kappa shape index (κ3) is 1.51. The second-order valence-corrected chi connectivity index (χ2v) is 3.45. The molecule has 0 aliphatic heterocycles. The Hall–Kier alpha value is -1.74. The van der Waals surface area contributed by atoms with E-state index in [4.69, 9.17) is 0 Å². The Balaban J connectivity index is 0.00000112. The maximum atomic E-state index is 11.8. The van der Waals surface area contributed by atoms with Crippen molar-refractivity contribution in [1.82, 2.24) is 0 Å². The molecule has 3 nitrogen and oxygen atoms in total. The number of hydrogen-bond acceptors (Lipinski definition) is 2. The molecule has 1 aliphatic carbocycles. The fourth-order valence-corrected chi connectivity index (χ4v) is 1.62. The summed E-state index contributed by atoms with van der Waals surface area (Å²) in [6.45, 7) is 3.40. The van der Waals surface area contributed by atoms with Crippen molar-refractivity contribution in [2.24, 2.45) is 0 Å². The van der Waals surface area contributed by atoms with Crippen LogP contribution in [0.3, 0.4) is 0 Å². The summed E-state index contributed by atoms with van der Waals surface area (Å²) in [6, 6.07) is 6.95. The van der Waals surface area contributed by atoms with Gasteiger partial charge in [-0.15, -0.1) is 0 Å². The summed E-state index contributed by atoms with van der Waals surface area (Å²) in [6.07, 6.45) is 0. The van der Waals surface area contributed by atoms with Gasteiger partial charge in [-0.1, -0.05) is 24.3 Å². The molecule has 15 heavy (non-hydrogen) atoms. The van der Waals surface area contributed by atoms with E-state index in [0.717, 1.165) is 0 Å². The van der Waals surface area contributed by atoms with Crippen molar-refractivity contribution < 1.29 is 15.1 Å². The molecule has 0 radical (unpaired) electrons.